The van der Waals surface area contributed by atoms with Crippen molar-refractivity contribution in [1.82, 2.24) is 9.88 Å². The predicted octanol–water partition coefficient (Wildman–Crippen LogP) is 8.58. The number of amides is 3. The van der Waals surface area contributed by atoms with Crippen LogP contribution in [0.4, 0.5) is 21.9 Å². The van der Waals surface area contributed by atoms with E-state index >= 15 is 0 Å². The Bertz CT molecular complexity index is 1980. The highest BCUT2D eigenvalue weighted by molar-refractivity contribution is 6.37. The molecule has 10 heteroatoms. The minimum absolute atomic E-state index is 0.184. The molecule has 0 bridgehead atoms. The number of rotatable bonds is 6. The van der Waals surface area contributed by atoms with Gasteiger partial charge >= 0.3 is 6.03 Å². The van der Waals surface area contributed by atoms with Crippen LogP contribution in [0.3, 0.4) is 0 Å². The molecule has 1 aliphatic heterocycles. The number of halogens is 2. The molecule has 0 aliphatic carbocycles. The lowest BCUT2D eigenvalue weighted by molar-refractivity contribution is 0.102. The van der Waals surface area contributed by atoms with Crippen LogP contribution in [0.2, 0.25) is 10.0 Å². The van der Waals surface area contributed by atoms with Gasteiger partial charge in [0.15, 0.2) is 0 Å². The maximum atomic E-state index is 13.3. The van der Waals surface area contributed by atoms with Gasteiger partial charge in [0.2, 0.25) is 0 Å². The second-order valence-electron chi connectivity index (χ2n) is 11.9. The van der Waals surface area contributed by atoms with Crippen LogP contribution in [0.25, 0.3) is 5.69 Å². The normalized spacial score (nSPS) is 12.7. The van der Waals surface area contributed by atoms with Crippen molar-refractivity contribution in [1.29, 1.82) is 0 Å². The molecule has 0 radical (unpaired) electrons. The number of carbonyl (C=O) groups excluding carboxylic acids is 2. The predicted molar refractivity (Wildman–Crippen MR) is 186 cm³/mol. The maximum absolute atomic E-state index is 13.3. The van der Waals surface area contributed by atoms with E-state index in [1.54, 1.807) is 36.4 Å². The lowest BCUT2D eigenvalue weighted by Gasteiger charge is -2.29. The van der Waals surface area contributed by atoms with Crippen molar-refractivity contribution in [2.75, 3.05) is 15.5 Å². The van der Waals surface area contributed by atoms with E-state index in [1.807, 2.05) is 55.3 Å². The van der Waals surface area contributed by atoms with E-state index in [-0.39, 0.29) is 26.7 Å². The van der Waals surface area contributed by atoms with Crippen molar-refractivity contribution in [2.24, 2.45) is 5.41 Å². The third kappa shape index (κ3) is 7.27. The van der Waals surface area contributed by atoms with Gasteiger partial charge in [-0.05, 0) is 73.4 Å². The third-order valence-electron chi connectivity index (χ3n) is 7.35. The Morgan fingerprint density at radius 3 is 2.22 bits per heavy atom. The first kappa shape index (κ1) is 32.4. The van der Waals surface area contributed by atoms with Crippen molar-refractivity contribution in [3.05, 3.63) is 145 Å². The van der Waals surface area contributed by atoms with Crippen LogP contribution in [0, 0.1) is 19.3 Å². The molecular formula is C36H33Cl2N5O3. The smallest absolute Gasteiger partial charge is 0.322 e. The average molecular weight is 655 g/mol. The molecule has 3 N–H and O–H groups in total. The van der Waals surface area contributed by atoms with Crippen LogP contribution in [-0.2, 0) is 0 Å². The number of nitrogens with one attached hydrogen (secondary N) is 3. The topological polar surface area (TPSA) is 95.5 Å². The summed E-state index contributed by atoms with van der Waals surface area (Å²) in [6.07, 6.45) is 5.13. The summed E-state index contributed by atoms with van der Waals surface area (Å²) < 4.78 is 1.24. The molecule has 0 atom stereocenters. The molecule has 2 heterocycles. The minimum Gasteiger partial charge on any atom is -0.322 e. The minimum atomic E-state index is -0.462. The molecule has 3 amide bonds. The monoisotopic (exact) mass is 653 g/mol. The molecule has 234 valence electrons. The first-order valence-electron chi connectivity index (χ1n) is 14.5. The number of aryl methyl sites for hydroxylation is 2. The molecule has 5 rings (SSSR count). The Kier molecular flexibility index (Phi) is 9.26. The zero-order chi connectivity index (χ0) is 33.2. The van der Waals surface area contributed by atoms with Gasteiger partial charge in [0.1, 0.15) is 5.82 Å². The maximum Gasteiger partial charge on any atom is 0.324 e. The number of para-hydroxylation sites is 1. The van der Waals surface area contributed by atoms with Crippen LogP contribution in [0.1, 0.15) is 42.3 Å². The number of anilines is 3. The summed E-state index contributed by atoms with van der Waals surface area (Å²) in [7, 11) is 0. The van der Waals surface area contributed by atoms with Gasteiger partial charge in [0.05, 0.1) is 27.5 Å². The molecule has 4 aromatic rings. The fraction of sp³-hybridized carbons (Fsp3) is 0.167. The molecule has 46 heavy (non-hydrogen) atoms. The van der Waals surface area contributed by atoms with Crippen LogP contribution < -0.4 is 26.4 Å². The third-order valence-corrected chi connectivity index (χ3v) is 7.96. The Hall–Kier alpha value is -5.01. The Morgan fingerprint density at radius 1 is 0.848 bits per heavy atom. The highest BCUT2D eigenvalue weighted by Gasteiger charge is 2.22. The van der Waals surface area contributed by atoms with Gasteiger partial charge in [-0.15, -0.1) is 0 Å². The van der Waals surface area contributed by atoms with Gasteiger partial charge in [-0.3, -0.25) is 24.4 Å². The fourth-order valence-electron chi connectivity index (χ4n) is 4.72. The molecule has 0 saturated heterocycles. The molecule has 1 aromatic heterocycles. The summed E-state index contributed by atoms with van der Waals surface area (Å²) >= 11 is 12.6. The van der Waals surface area contributed by atoms with E-state index in [0.717, 1.165) is 22.4 Å². The van der Waals surface area contributed by atoms with Crippen LogP contribution in [-0.4, -0.2) is 16.5 Å². The largest absolute Gasteiger partial charge is 0.324 e. The fourth-order valence-corrected chi connectivity index (χ4v) is 5.30. The Labute approximate surface area is 277 Å². The summed E-state index contributed by atoms with van der Waals surface area (Å²) in [5, 5.41) is 9.26. The molecule has 3 aromatic carbocycles. The van der Waals surface area contributed by atoms with Crippen molar-refractivity contribution >= 4 is 52.2 Å². The van der Waals surface area contributed by atoms with E-state index in [9.17, 15) is 14.4 Å². The number of aromatic nitrogens is 1. The van der Waals surface area contributed by atoms with E-state index in [1.165, 1.54) is 22.9 Å². The van der Waals surface area contributed by atoms with E-state index in [0.29, 0.717) is 17.2 Å². The second-order valence-corrected chi connectivity index (χ2v) is 12.7. The van der Waals surface area contributed by atoms with Crippen LogP contribution in [0.5, 0.6) is 0 Å². The molecule has 0 saturated carbocycles. The number of nitrogens with zero attached hydrogens (tertiary/aromatic N) is 2. The summed E-state index contributed by atoms with van der Waals surface area (Å²) in [6, 6.07) is 20.3. The molecule has 0 unspecified atom stereocenters. The Morgan fingerprint density at radius 2 is 1.54 bits per heavy atom. The highest BCUT2D eigenvalue weighted by atomic mass is 35.5. The standard InChI is InChI=1S/C36H33Cl2N5O3/c1-22-9-14-27(15-10-22)42-18-17-25(36(3,4)5)19-31(42)41-35(46)39-26-13-11-23(2)30(20-26)40-34(45)24-12-16-32(44)43(21-24)33-28(37)7-6-8-29(33)38/h6-16,18-21H,1-5H3,(H,40,45)(H2,39,41,46). The lowest BCUT2D eigenvalue weighted by Crippen LogP contribution is -2.36. The molecule has 8 nitrogen and oxygen atoms in total. The zero-order valence-corrected chi connectivity index (χ0v) is 27.5. The SMILES string of the molecule is Cc1ccc(N2C=C=C(C(C)(C)C)C=C2NC(=O)Nc2ccc(C)c(NC(=O)c3ccc(=O)n(-c4c(Cl)cccc4Cl)c3)c2)cc1. The lowest BCUT2D eigenvalue weighted by atomic mass is 9.86. The van der Waals surface area contributed by atoms with Crippen molar-refractivity contribution < 1.29 is 9.59 Å². The summed E-state index contributed by atoms with van der Waals surface area (Å²) in [5.74, 6) is 0.107. The number of hydrogen-bond donors (Lipinski definition) is 3. The highest BCUT2D eigenvalue weighted by Crippen LogP contribution is 2.31. The average Bonchev–Trinajstić information content (AvgIpc) is 2.99. The summed E-state index contributed by atoms with van der Waals surface area (Å²) in [6.45, 7) is 10.1. The van der Waals surface area contributed by atoms with Crippen molar-refractivity contribution in [2.45, 2.75) is 34.6 Å². The number of benzene rings is 3. The Balaban J connectivity index is 1.35. The van der Waals surface area contributed by atoms with E-state index in [4.69, 9.17) is 23.2 Å². The first-order valence-corrected chi connectivity index (χ1v) is 15.3. The van der Waals surface area contributed by atoms with Gasteiger partial charge in [-0.2, -0.15) is 0 Å². The molecular weight excluding hydrogens is 621 g/mol. The summed E-state index contributed by atoms with van der Waals surface area (Å²) in [4.78, 5) is 41.1. The second kappa shape index (κ2) is 13.2. The van der Waals surface area contributed by atoms with Crippen LogP contribution >= 0.6 is 23.2 Å². The van der Waals surface area contributed by atoms with E-state index < -0.39 is 17.5 Å². The van der Waals surface area contributed by atoms with Gasteiger partial charge in [0.25, 0.3) is 11.5 Å². The van der Waals surface area contributed by atoms with Gasteiger partial charge in [0, 0.05) is 34.9 Å². The van der Waals surface area contributed by atoms with Crippen LogP contribution in [0.15, 0.2) is 113 Å². The van der Waals surface area contributed by atoms with Crippen molar-refractivity contribution in [3.8, 4) is 5.69 Å². The number of urea groups is 1. The van der Waals surface area contributed by atoms with Crippen molar-refractivity contribution in [3.63, 3.8) is 0 Å². The van der Waals surface area contributed by atoms with Gasteiger partial charge in [-0.25, -0.2) is 4.79 Å². The molecule has 0 spiro atoms. The number of allylic oxidation sites excluding steroid dienone is 2. The van der Waals surface area contributed by atoms with Gasteiger partial charge < -0.3 is 10.6 Å². The molecule has 1 aliphatic rings. The number of pyridine rings is 1. The number of carbonyl (C=O) groups is 2. The van der Waals surface area contributed by atoms with Gasteiger partial charge in [-0.1, -0.05) is 79.5 Å². The molecule has 0 fully saturated rings. The van der Waals surface area contributed by atoms with E-state index in [2.05, 4.69) is 42.5 Å². The quantitative estimate of drug-likeness (QED) is 0.182. The summed E-state index contributed by atoms with van der Waals surface area (Å²) in [5.41, 5.74) is 7.92. The number of hydrogen-bond acceptors (Lipinski definition) is 4. The first-order chi connectivity index (χ1) is 21.8. The zero-order valence-electron chi connectivity index (χ0n) is 26.0.